The molecule has 3 aromatic carbocycles. The van der Waals surface area contributed by atoms with E-state index in [1.54, 1.807) is 6.07 Å². The summed E-state index contributed by atoms with van der Waals surface area (Å²) in [5, 5.41) is 7.86. The number of aromatic nitrogens is 2. The summed E-state index contributed by atoms with van der Waals surface area (Å²) >= 11 is 6.08. The molecule has 0 aliphatic carbocycles. The van der Waals surface area contributed by atoms with Crippen LogP contribution in [0.3, 0.4) is 0 Å². The van der Waals surface area contributed by atoms with Crippen LogP contribution in [-0.4, -0.2) is 59.1 Å². The molecule has 2 heterocycles. The third-order valence-corrected chi connectivity index (χ3v) is 6.40. The number of piperazine rings is 1. The molecule has 5 rings (SSSR count). The van der Waals surface area contributed by atoms with Crippen molar-refractivity contribution in [2.75, 3.05) is 38.5 Å². The van der Waals surface area contributed by atoms with Gasteiger partial charge in [0.1, 0.15) is 0 Å². The molecule has 0 bridgehead atoms. The number of hydrogen-bond acceptors (Lipinski definition) is 6. The van der Waals surface area contributed by atoms with Crippen molar-refractivity contribution < 1.29 is 9.32 Å². The molecule has 1 aliphatic rings. The summed E-state index contributed by atoms with van der Waals surface area (Å²) in [6.45, 7) is 3.86. The van der Waals surface area contributed by atoms with E-state index in [-0.39, 0.29) is 5.91 Å². The number of carbonyl (C=O) groups is 1. The lowest BCUT2D eigenvalue weighted by Crippen LogP contribution is -2.48. The van der Waals surface area contributed by atoms with Gasteiger partial charge in [0.25, 0.3) is 11.8 Å². The van der Waals surface area contributed by atoms with E-state index in [0.29, 0.717) is 29.8 Å². The molecule has 1 aromatic heterocycles. The van der Waals surface area contributed by atoms with E-state index in [0.717, 1.165) is 42.0 Å². The van der Waals surface area contributed by atoms with Crippen molar-refractivity contribution in [3.8, 4) is 22.8 Å². The molecule has 0 spiro atoms. The highest BCUT2D eigenvalue weighted by atomic mass is 35.5. The van der Waals surface area contributed by atoms with Crippen LogP contribution in [0.2, 0.25) is 5.02 Å². The standard InChI is InChI=1S/C27H26ClN5O2/c1-29-24-10-8-20(9-11-24)27(34)33-14-12-32(13-15-33)18-19-4-2-5-21(16-19)25-30-26(35-31-25)22-6-3-7-23(28)17-22/h2-11,16-17,29H,12-15,18H2,1H3. The third-order valence-electron chi connectivity index (χ3n) is 6.17. The molecule has 4 aromatic rings. The van der Waals surface area contributed by atoms with Crippen LogP contribution in [-0.2, 0) is 6.54 Å². The predicted octanol–water partition coefficient (Wildman–Crippen LogP) is 5.06. The Morgan fingerprint density at radius 2 is 1.71 bits per heavy atom. The quantitative estimate of drug-likeness (QED) is 0.410. The number of anilines is 1. The summed E-state index contributed by atoms with van der Waals surface area (Å²) in [7, 11) is 1.87. The van der Waals surface area contributed by atoms with Crippen LogP contribution in [0.25, 0.3) is 22.8 Å². The van der Waals surface area contributed by atoms with Gasteiger partial charge in [-0.1, -0.05) is 41.0 Å². The highest BCUT2D eigenvalue weighted by molar-refractivity contribution is 6.30. The van der Waals surface area contributed by atoms with Gasteiger partial charge in [0.05, 0.1) is 0 Å². The minimum Gasteiger partial charge on any atom is -0.388 e. The second-order valence-corrected chi connectivity index (χ2v) is 8.97. The molecule has 7 nitrogen and oxygen atoms in total. The second kappa shape index (κ2) is 10.3. The van der Waals surface area contributed by atoms with Crippen LogP contribution in [0.4, 0.5) is 5.69 Å². The average Bonchev–Trinajstić information content (AvgIpc) is 3.40. The largest absolute Gasteiger partial charge is 0.388 e. The number of halogens is 1. The van der Waals surface area contributed by atoms with Crippen molar-refractivity contribution in [2.45, 2.75) is 6.54 Å². The molecule has 1 aliphatic heterocycles. The maximum Gasteiger partial charge on any atom is 0.258 e. The Morgan fingerprint density at radius 3 is 2.46 bits per heavy atom. The van der Waals surface area contributed by atoms with Crippen LogP contribution < -0.4 is 5.32 Å². The Labute approximate surface area is 209 Å². The monoisotopic (exact) mass is 487 g/mol. The summed E-state index contributed by atoms with van der Waals surface area (Å²) in [5.74, 6) is 1.07. The summed E-state index contributed by atoms with van der Waals surface area (Å²) in [5.41, 5.74) is 4.58. The minimum atomic E-state index is 0.0851. The number of nitrogens with one attached hydrogen (secondary N) is 1. The van der Waals surface area contributed by atoms with Gasteiger partial charge in [0.15, 0.2) is 0 Å². The number of amides is 1. The first kappa shape index (κ1) is 23.1. The van der Waals surface area contributed by atoms with Gasteiger partial charge in [-0.05, 0) is 54.1 Å². The van der Waals surface area contributed by atoms with Gasteiger partial charge < -0.3 is 14.7 Å². The van der Waals surface area contributed by atoms with Crippen molar-refractivity contribution in [1.29, 1.82) is 0 Å². The van der Waals surface area contributed by atoms with Gasteiger partial charge in [-0.2, -0.15) is 4.98 Å². The van der Waals surface area contributed by atoms with Crippen LogP contribution in [0.5, 0.6) is 0 Å². The lowest BCUT2D eigenvalue weighted by atomic mass is 10.1. The lowest BCUT2D eigenvalue weighted by molar-refractivity contribution is 0.0628. The normalized spacial score (nSPS) is 14.2. The van der Waals surface area contributed by atoms with Gasteiger partial charge in [0, 0.05) is 67.2 Å². The number of hydrogen-bond donors (Lipinski definition) is 1. The molecule has 8 heteroatoms. The van der Waals surface area contributed by atoms with Gasteiger partial charge in [-0.15, -0.1) is 0 Å². The van der Waals surface area contributed by atoms with Crippen molar-refractivity contribution in [3.63, 3.8) is 0 Å². The molecule has 178 valence electrons. The summed E-state index contributed by atoms with van der Waals surface area (Å²) in [6.07, 6.45) is 0. The fourth-order valence-corrected chi connectivity index (χ4v) is 4.41. The molecule has 1 amide bonds. The Balaban J connectivity index is 1.20. The third kappa shape index (κ3) is 5.37. The van der Waals surface area contributed by atoms with Crippen molar-refractivity contribution in [3.05, 3.63) is 88.9 Å². The number of nitrogens with zero attached hydrogens (tertiary/aromatic N) is 4. The highest BCUT2D eigenvalue weighted by Crippen LogP contribution is 2.25. The van der Waals surface area contributed by atoms with Gasteiger partial charge in [-0.3, -0.25) is 9.69 Å². The Morgan fingerprint density at radius 1 is 0.971 bits per heavy atom. The van der Waals surface area contributed by atoms with Crippen LogP contribution in [0, 0.1) is 0 Å². The van der Waals surface area contributed by atoms with E-state index in [9.17, 15) is 4.79 Å². The van der Waals surface area contributed by atoms with Crippen LogP contribution in [0.15, 0.2) is 77.3 Å². The molecule has 0 atom stereocenters. The zero-order chi connectivity index (χ0) is 24.2. The van der Waals surface area contributed by atoms with E-state index < -0.39 is 0 Å². The first-order valence-electron chi connectivity index (χ1n) is 11.6. The average molecular weight is 488 g/mol. The minimum absolute atomic E-state index is 0.0851. The SMILES string of the molecule is CNc1ccc(C(=O)N2CCN(Cc3cccc(-c4noc(-c5cccc(Cl)c5)n4)c3)CC2)cc1. The summed E-state index contributed by atoms with van der Waals surface area (Å²) in [6, 6.07) is 23.1. The maximum atomic E-state index is 12.8. The molecule has 1 N–H and O–H groups in total. The highest BCUT2D eigenvalue weighted by Gasteiger charge is 2.22. The Hall–Kier alpha value is -3.68. The molecular formula is C27H26ClN5O2. The summed E-state index contributed by atoms with van der Waals surface area (Å²) < 4.78 is 5.46. The van der Waals surface area contributed by atoms with Gasteiger partial charge >= 0.3 is 0 Å². The van der Waals surface area contributed by atoms with Crippen LogP contribution in [0.1, 0.15) is 15.9 Å². The zero-order valence-electron chi connectivity index (χ0n) is 19.4. The van der Waals surface area contributed by atoms with E-state index in [1.165, 1.54) is 5.56 Å². The Kier molecular flexibility index (Phi) is 6.79. The fraction of sp³-hybridized carbons (Fsp3) is 0.222. The molecule has 0 radical (unpaired) electrons. The van der Waals surface area contributed by atoms with Crippen LogP contribution >= 0.6 is 11.6 Å². The first-order valence-corrected chi connectivity index (χ1v) is 12.0. The van der Waals surface area contributed by atoms with E-state index in [2.05, 4.69) is 32.5 Å². The predicted molar refractivity (Wildman–Crippen MR) is 137 cm³/mol. The fourth-order valence-electron chi connectivity index (χ4n) is 4.22. The number of benzene rings is 3. The maximum absolute atomic E-state index is 12.8. The van der Waals surface area contributed by atoms with Gasteiger partial charge in [-0.25, -0.2) is 0 Å². The molecule has 0 saturated carbocycles. The lowest BCUT2D eigenvalue weighted by Gasteiger charge is -2.34. The first-order chi connectivity index (χ1) is 17.1. The summed E-state index contributed by atoms with van der Waals surface area (Å²) in [4.78, 5) is 21.7. The number of rotatable bonds is 6. The van der Waals surface area contributed by atoms with E-state index in [4.69, 9.17) is 16.1 Å². The van der Waals surface area contributed by atoms with Crippen molar-refractivity contribution in [1.82, 2.24) is 19.9 Å². The Bertz CT molecular complexity index is 1310. The molecule has 1 saturated heterocycles. The molecule has 1 fully saturated rings. The molecule has 0 unspecified atom stereocenters. The van der Waals surface area contributed by atoms with E-state index >= 15 is 0 Å². The van der Waals surface area contributed by atoms with Crippen molar-refractivity contribution in [2.24, 2.45) is 0 Å². The zero-order valence-corrected chi connectivity index (χ0v) is 20.2. The second-order valence-electron chi connectivity index (χ2n) is 8.53. The molecule has 35 heavy (non-hydrogen) atoms. The molecular weight excluding hydrogens is 462 g/mol. The van der Waals surface area contributed by atoms with E-state index in [1.807, 2.05) is 66.5 Å². The van der Waals surface area contributed by atoms with Gasteiger partial charge in [0.2, 0.25) is 5.82 Å². The smallest absolute Gasteiger partial charge is 0.258 e. The number of carbonyl (C=O) groups excluding carboxylic acids is 1. The topological polar surface area (TPSA) is 74.5 Å². The van der Waals surface area contributed by atoms with Crippen molar-refractivity contribution >= 4 is 23.2 Å².